The fourth-order valence-corrected chi connectivity index (χ4v) is 4.98. The van der Waals surface area contributed by atoms with E-state index in [0.717, 1.165) is 25.7 Å². The van der Waals surface area contributed by atoms with Crippen molar-refractivity contribution in [1.82, 2.24) is 0 Å². The molecule has 4 rings (SSSR count). The van der Waals surface area contributed by atoms with E-state index in [0.29, 0.717) is 23.3 Å². The Bertz CT molecular complexity index is 1180. The Hall–Kier alpha value is -3.85. The molecule has 0 saturated heterocycles. The first-order chi connectivity index (χ1) is 18.5. The minimum Gasteiger partial charge on any atom is -0.395 e. The van der Waals surface area contributed by atoms with Gasteiger partial charge in [0.2, 0.25) is 0 Å². The molecule has 3 nitrogen and oxygen atoms in total. The molecule has 0 aliphatic rings. The van der Waals surface area contributed by atoms with E-state index in [2.05, 4.69) is 76.2 Å². The lowest BCUT2D eigenvalue weighted by Gasteiger charge is -2.18. The third-order valence-corrected chi connectivity index (χ3v) is 7.08. The van der Waals surface area contributed by atoms with Gasteiger partial charge in [-0.1, -0.05) is 111 Å². The van der Waals surface area contributed by atoms with Crippen LogP contribution in [0.2, 0.25) is 0 Å². The SMILES string of the molecule is CCCC(c1ccc(C)cc1)c1ccc(OC(=O)Oc2ccc(C(CCC)c3ccc(C)cc3)cc2)cc1. The molecule has 0 spiro atoms. The van der Waals surface area contributed by atoms with E-state index < -0.39 is 6.16 Å². The highest BCUT2D eigenvalue weighted by Crippen LogP contribution is 2.32. The topological polar surface area (TPSA) is 35.5 Å². The summed E-state index contributed by atoms with van der Waals surface area (Å²) in [7, 11) is 0. The number of carbonyl (C=O) groups excluding carboxylic acids is 1. The van der Waals surface area contributed by atoms with Crippen LogP contribution in [0.3, 0.4) is 0 Å². The second-order valence-corrected chi connectivity index (χ2v) is 10.1. The van der Waals surface area contributed by atoms with Crippen molar-refractivity contribution in [3.8, 4) is 11.5 Å². The fraction of sp³-hybridized carbons (Fsp3) is 0.286. The van der Waals surface area contributed by atoms with Crippen molar-refractivity contribution in [2.75, 3.05) is 0 Å². The second-order valence-electron chi connectivity index (χ2n) is 10.1. The maximum Gasteiger partial charge on any atom is 0.519 e. The number of ether oxygens (including phenoxy) is 2. The molecular formula is C35H38O3. The van der Waals surface area contributed by atoms with Gasteiger partial charge in [-0.15, -0.1) is 0 Å². The minimum atomic E-state index is -0.738. The van der Waals surface area contributed by atoms with Gasteiger partial charge in [-0.05, 0) is 73.2 Å². The van der Waals surface area contributed by atoms with Gasteiger partial charge in [0.05, 0.1) is 0 Å². The van der Waals surface area contributed by atoms with Gasteiger partial charge in [0.25, 0.3) is 0 Å². The Morgan fingerprint density at radius 3 is 1.11 bits per heavy atom. The Kier molecular flexibility index (Phi) is 9.37. The standard InChI is InChI=1S/C35H38O3/c1-5-7-33(27-13-9-25(3)10-14-27)29-17-21-31(22-18-29)37-35(36)38-32-23-19-30(20-24-32)34(8-6-2)28-15-11-26(4)12-16-28/h9-24,33-34H,5-8H2,1-4H3. The number of rotatable bonds is 10. The molecule has 0 fully saturated rings. The quantitative estimate of drug-likeness (QED) is 0.159. The summed E-state index contributed by atoms with van der Waals surface area (Å²) in [5.74, 6) is 1.57. The van der Waals surface area contributed by atoms with Crippen LogP contribution in [0.5, 0.6) is 11.5 Å². The third kappa shape index (κ3) is 7.13. The maximum atomic E-state index is 12.5. The van der Waals surface area contributed by atoms with E-state index in [-0.39, 0.29) is 0 Å². The lowest BCUT2D eigenvalue weighted by molar-refractivity contribution is 0.152. The summed E-state index contributed by atoms with van der Waals surface area (Å²) in [5.41, 5.74) is 7.54. The van der Waals surface area contributed by atoms with E-state index >= 15 is 0 Å². The zero-order valence-electron chi connectivity index (χ0n) is 22.9. The Balaban J connectivity index is 1.39. The first-order valence-electron chi connectivity index (χ1n) is 13.7. The summed E-state index contributed by atoms with van der Waals surface area (Å²) in [6, 6.07) is 33.0. The number of benzene rings is 4. The van der Waals surface area contributed by atoms with Crippen molar-refractivity contribution in [2.45, 2.75) is 65.2 Å². The molecule has 0 aliphatic heterocycles. The average molecular weight is 507 g/mol. The van der Waals surface area contributed by atoms with Crippen molar-refractivity contribution in [3.05, 3.63) is 130 Å². The molecule has 0 radical (unpaired) electrons. The average Bonchev–Trinajstić information content (AvgIpc) is 2.93. The van der Waals surface area contributed by atoms with E-state index in [9.17, 15) is 4.79 Å². The van der Waals surface area contributed by atoms with Gasteiger partial charge in [-0.3, -0.25) is 0 Å². The van der Waals surface area contributed by atoms with Gasteiger partial charge in [0.1, 0.15) is 11.5 Å². The number of carbonyl (C=O) groups is 1. The van der Waals surface area contributed by atoms with Gasteiger partial charge in [0.15, 0.2) is 0 Å². The fourth-order valence-electron chi connectivity index (χ4n) is 4.98. The van der Waals surface area contributed by atoms with E-state index in [1.54, 1.807) is 0 Å². The van der Waals surface area contributed by atoms with Gasteiger partial charge in [-0.25, -0.2) is 4.79 Å². The Morgan fingerprint density at radius 1 is 0.526 bits per heavy atom. The van der Waals surface area contributed by atoms with Crippen LogP contribution < -0.4 is 9.47 Å². The van der Waals surface area contributed by atoms with Crippen LogP contribution >= 0.6 is 0 Å². The molecule has 0 heterocycles. The van der Waals surface area contributed by atoms with Gasteiger partial charge < -0.3 is 9.47 Å². The van der Waals surface area contributed by atoms with E-state index in [1.165, 1.54) is 33.4 Å². The number of hydrogen-bond acceptors (Lipinski definition) is 3. The van der Waals surface area contributed by atoms with Crippen LogP contribution in [0.25, 0.3) is 0 Å². The largest absolute Gasteiger partial charge is 0.519 e. The minimum absolute atomic E-state index is 0.316. The number of aryl methyl sites for hydroxylation is 2. The van der Waals surface area contributed by atoms with Gasteiger partial charge >= 0.3 is 6.16 Å². The second kappa shape index (κ2) is 13.1. The highest BCUT2D eigenvalue weighted by molar-refractivity contribution is 5.67. The molecule has 2 atom stereocenters. The first kappa shape index (κ1) is 27.2. The van der Waals surface area contributed by atoms with Crippen molar-refractivity contribution in [3.63, 3.8) is 0 Å². The Morgan fingerprint density at radius 2 is 0.816 bits per heavy atom. The smallest absolute Gasteiger partial charge is 0.395 e. The van der Waals surface area contributed by atoms with Crippen molar-refractivity contribution in [2.24, 2.45) is 0 Å². The normalized spacial score (nSPS) is 12.5. The van der Waals surface area contributed by atoms with Gasteiger partial charge in [0, 0.05) is 11.8 Å². The molecular weight excluding hydrogens is 468 g/mol. The van der Waals surface area contributed by atoms with E-state index in [1.807, 2.05) is 48.5 Å². The molecule has 3 heteroatoms. The van der Waals surface area contributed by atoms with Crippen LogP contribution in [0, 0.1) is 13.8 Å². The molecule has 38 heavy (non-hydrogen) atoms. The van der Waals surface area contributed by atoms with Gasteiger partial charge in [-0.2, -0.15) is 0 Å². The summed E-state index contributed by atoms with van der Waals surface area (Å²) >= 11 is 0. The zero-order chi connectivity index (χ0) is 26.9. The van der Waals surface area contributed by atoms with E-state index in [4.69, 9.17) is 9.47 Å². The van der Waals surface area contributed by atoms with Crippen LogP contribution in [0.4, 0.5) is 4.79 Å². The maximum absolute atomic E-state index is 12.5. The van der Waals surface area contributed by atoms with Crippen LogP contribution in [0.1, 0.15) is 84.7 Å². The molecule has 0 amide bonds. The highest BCUT2D eigenvalue weighted by Gasteiger charge is 2.16. The monoisotopic (exact) mass is 506 g/mol. The molecule has 0 aromatic heterocycles. The van der Waals surface area contributed by atoms with Crippen LogP contribution in [-0.2, 0) is 0 Å². The summed E-state index contributed by atoms with van der Waals surface area (Å²) in [6.07, 6.45) is 3.56. The summed E-state index contributed by atoms with van der Waals surface area (Å²) in [6.45, 7) is 8.61. The Labute approximate surface area is 227 Å². The number of hydrogen-bond donors (Lipinski definition) is 0. The molecule has 4 aromatic rings. The van der Waals surface area contributed by atoms with Crippen LogP contribution in [0.15, 0.2) is 97.1 Å². The van der Waals surface area contributed by atoms with Crippen LogP contribution in [-0.4, -0.2) is 6.16 Å². The first-order valence-corrected chi connectivity index (χ1v) is 13.7. The highest BCUT2D eigenvalue weighted by atomic mass is 16.7. The van der Waals surface area contributed by atoms with Crippen molar-refractivity contribution >= 4 is 6.16 Å². The lowest BCUT2D eigenvalue weighted by Crippen LogP contribution is -2.14. The predicted molar refractivity (Wildman–Crippen MR) is 155 cm³/mol. The summed E-state index contributed by atoms with van der Waals surface area (Å²) in [4.78, 5) is 12.5. The molecule has 4 aromatic carbocycles. The van der Waals surface area contributed by atoms with Crippen molar-refractivity contribution < 1.29 is 14.3 Å². The molecule has 196 valence electrons. The molecule has 0 N–H and O–H groups in total. The predicted octanol–water partition coefficient (Wildman–Crippen LogP) is 9.75. The summed E-state index contributed by atoms with van der Waals surface area (Å²) < 4.78 is 10.9. The summed E-state index contributed by atoms with van der Waals surface area (Å²) in [5, 5.41) is 0. The molecule has 0 bridgehead atoms. The molecule has 0 aliphatic carbocycles. The zero-order valence-corrected chi connectivity index (χ0v) is 22.9. The lowest BCUT2D eigenvalue weighted by atomic mass is 9.87. The van der Waals surface area contributed by atoms with Crippen molar-refractivity contribution in [1.29, 1.82) is 0 Å². The molecule has 2 unspecified atom stereocenters. The molecule has 0 saturated carbocycles. The third-order valence-electron chi connectivity index (χ3n) is 7.08.